The fourth-order valence-corrected chi connectivity index (χ4v) is 4.62. The van der Waals surface area contributed by atoms with Crippen LogP contribution >= 0.6 is 22.9 Å². The summed E-state index contributed by atoms with van der Waals surface area (Å²) >= 11 is 7.46. The largest absolute Gasteiger partial charge is 0.395 e. The lowest BCUT2D eigenvalue weighted by Gasteiger charge is -2.35. The van der Waals surface area contributed by atoms with Crippen molar-refractivity contribution < 1.29 is 20.1 Å². The highest BCUT2D eigenvalue weighted by molar-refractivity contribution is 7.17. The Morgan fingerprint density at radius 1 is 1.18 bits per heavy atom. The molecule has 11 nitrogen and oxygen atoms in total. The number of para-hydroxylation sites is 1. The van der Waals surface area contributed by atoms with Gasteiger partial charge in [0.05, 0.1) is 36.2 Å². The zero-order chi connectivity index (χ0) is 27.7. The minimum atomic E-state index is -0.560. The van der Waals surface area contributed by atoms with E-state index in [1.165, 1.54) is 24.5 Å². The van der Waals surface area contributed by atoms with Gasteiger partial charge in [-0.25, -0.2) is 15.0 Å². The van der Waals surface area contributed by atoms with Gasteiger partial charge >= 0.3 is 0 Å². The van der Waals surface area contributed by atoms with Crippen molar-refractivity contribution >= 4 is 51.3 Å². The normalized spacial score (nSPS) is 14.4. The molecular formula is C25H34ClN7O4S. The number of amides is 1. The van der Waals surface area contributed by atoms with E-state index in [2.05, 4.69) is 35.4 Å². The van der Waals surface area contributed by atoms with Crippen LogP contribution in [0.25, 0.3) is 0 Å². The van der Waals surface area contributed by atoms with Gasteiger partial charge in [-0.1, -0.05) is 35.1 Å². The molecule has 0 saturated carbocycles. The molecule has 1 saturated heterocycles. The maximum absolute atomic E-state index is 12.7. The molecule has 13 heteroatoms. The van der Waals surface area contributed by atoms with Gasteiger partial charge in [0, 0.05) is 38.8 Å². The van der Waals surface area contributed by atoms with Crippen LogP contribution in [0.2, 0.25) is 5.02 Å². The van der Waals surface area contributed by atoms with E-state index >= 15 is 0 Å². The second-order valence-electron chi connectivity index (χ2n) is 8.78. The number of anilines is 4. The standard InChI is InChI=1S/C22H26ClN7O2S.C3H8O2/c1-14-4-3-5-16(23)20(14)28-21(32)17-13-24-22(33-17)27-18-12-19(26-15(2)25-18)30-8-6-29(7-9-30)10-11-31;1-3(5)2-4/h3-5,12-13,31H,6-11H2,1-2H3,(H,28,32)(H,24,25,26,27);3-5H,2H2,1H3. The monoisotopic (exact) mass is 563 g/mol. The van der Waals surface area contributed by atoms with E-state index < -0.39 is 6.10 Å². The quantitative estimate of drug-likeness (QED) is 0.277. The van der Waals surface area contributed by atoms with Crippen LogP contribution in [0.15, 0.2) is 30.5 Å². The molecule has 3 heterocycles. The summed E-state index contributed by atoms with van der Waals surface area (Å²) < 4.78 is 0. The molecule has 0 aliphatic carbocycles. The second kappa shape index (κ2) is 14.3. The minimum Gasteiger partial charge on any atom is -0.395 e. The number of nitrogens with zero attached hydrogens (tertiary/aromatic N) is 5. The van der Waals surface area contributed by atoms with Crippen molar-refractivity contribution in [2.45, 2.75) is 26.9 Å². The molecule has 0 bridgehead atoms. The summed E-state index contributed by atoms with van der Waals surface area (Å²) in [4.78, 5) is 31.0. The molecule has 4 rings (SSSR count). The average Bonchev–Trinajstić information content (AvgIpc) is 3.35. The van der Waals surface area contributed by atoms with Gasteiger partial charge in [0.1, 0.15) is 22.3 Å². The molecule has 1 amide bonds. The number of hydrogen-bond donors (Lipinski definition) is 5. The van der Waals surface area contributed by atoms with Gasteiger partial charge in [-0.05, 0) is 32.4 Å². The summed E-state index contributed by atoms with van der Waals surface area (Å²) in [5, 5.41) is 32.2. The van der Waals surface area contributed by atoms with E-state index in [9.17, 15) is 4.79 Å². The maximum Gasteiger partial charge on any atom is 0.267 e. The highest BCUT2D eigenvalue weighted by Gasteiger charge is 2.19. The van der Waals surface area contributed by atoms with Crippen LogP contribution < -0.4 is 15.5 Å². The van der Waals surface area contributed by atoms with Crippen LogP contribution in [0.4, 0.5) is 22.5 Å². The molecule has 1 fully saturated rings. The molecule has 1 aromatic carbocycles. The number of thiazole rings is 1. The first kappa shape index (κ1) is 29.7. The number of carbonyl (C=O) groups is 1. The summed E-state index contributed by atoms with van der Waals surface area (Å²) in [6.07, 6.45) is 0.971. The fraction of sp³-hybridized carbons (Fsp3) is 0.440. The summed E-state index contributed by atoms with van der Waals surface area (Å²) in [5.41, 5.74) is 1.49. The third kappa shape index (κ3) is 8.58. The van der Waals surface area contributed by atoms with Crippen LogP contribution in [-0.2, 0) is 0 Å². The number of aliphatic hydroxyl groups excluding tert-OH is 3. The molecule has 2 aromatic heterocycles. The molecule has 1 unspecified atom stereocenters. The number of β-amino-alcohol motifs (C(OH)–C–C–N with tert-alkyl or cyclic N) is 1. The molecule has 0 spiro atoms. The van der Waals surface area contributed by atoms with Gasteiger partial charge in [-0.3, -0.25) is 9.69 Å². The first-order valence-electron chi connectivity index (χ1n) is 12.2. The van der Waals surface area contributed by atoms with E-state index in [0.29, 0.717) is 38.9 Å². The number of aliphatic hydroxyl groups is 3. The molecule has 1 aliphatic rings. The number of rotatable bonds is 8. The van der Waals surface area contributed by atoms with E-state index in [-0.39, 0.29) is 19.1 Å². The second-order valence-corrected chi connectivity index (χ2v) is 10.2. The molecule has 1 atom stereocenters. The molecular weight excluding hydrogens is 530 g/mol. The van der Waals surface area contributed by atoms with Crippen molar-refractivity contribution in [1.29, 1.82) is 0 Å². The minimum absolute atomic E-state index is 0.139. The van der Waals surface area contributed by atoms with Crippen molar-refractivity contribution in [2.24, 2.45) is 0 Å². The van der Waals surface area contributed by atoms with Gasteiger partial charge in [-0.2, -0.15) is 0 Å². The number of benzene rings is 1. The highest BCUT2D eigenvalue weighted by Crippen LogP contribution is 2.28. The molecule has 3 aromatic rings. The van der Waals surface area contributed by atoms with Crippen LogP contribution in [-0.4, -0.2) is 93.1 Å². The number of carbonyl (C=O) groups excluding carboxylic acids is 1. The zero-order valence-corrected chi connectivity index (χ0v) is 23.3. The van der Waals surface area contributed by atoms with Crippen molar-refractivity contribution in [3.05, 3.63) is 51.7 Å². The van der Waals surface area contributed by atoms with Crippen LogP contribution in [0.3, 0.4) is 0 Å². The third-order valence-corrected chi connectivity index (χ3v) is 6.85. The van der Waals surface area contributed by atoms with Gasteiger partial charge in [0.2, 0.25) is 0 Å². The summed E-state index contributed by atoms with van der Waals surface area (Å²) in [7, 11) is 0. The first-order chi connectivity index (χ1) is 18.2. The van der Waals surface area contributed by atoms with E-state index in [0.717, 1.165) is 37.6 Å². The summed E-state index contributed by atoms with van der Waals surface area (Å²) in [6.45, 7) is 9.42. The van der Waals surface area contributed by atoms with Crippen LogP contribution in [0.1, 0.15) is 28.0 Å². The summed E-state index contributed by atoms with van der Waals surface area (Å²) in [5.74, 6) is 1.85. The topological polar surface area (TPSA) is 147 Å². The van der Waals surface area contributed by atoms with Gasteiger partial charge in [0.25, 0.3) is 5.91 Å². The Morgan fingerprint density at radius 2 is 1.89 bits per heavy atom. The number of halogens is 1. The lowest BCUT2D eigenvalue weighted by molar-refractivity contribution is 0.103. The van der Waals surface area contributed by atoms with Gasteiger partial charge in [0.15, 0.2) is 5.13 Å². The third-order valence-electron chi connectivity index (χ3n) is 5.63. The number of nitrogens with one attached hydrogen (secondary N) is 2. The van der Waals surface area contributed by atoms with E-state index in [1.807, 2.05) is 32.0 Å². The number of aromatic nitrogens is 3. The Balaban J connectivity index is 0.000000732. The predicted octanol–water partition coefficient (Wildman–Crippen LogP) is 2.67. The van der Waals surface area contributed by atoms with E-state index in [4.69, 9.17) is 26.9 Å². The average molecular weight is 564 g/mol. The van der Waals surface area contributed by atoms with Gasteiger partial charge < -0.3 is 30.9 Å². The molecule has 0 radical (unpaired) electrons. The van der Waals surface area contributed by atoms with Crippen molar-refractivity contribution in [3.8, 4) is 0 Å². The predicted molar refractivity (Wildman–Crippen MR) is 151 cm³/mol. The van der Waals surface area contributed by atoms with Crippen molar-refractivity contribution in [2.75, 3.05) is 61.5 Å². The summed E-state index contributed by atoms with van der Waals surface area (Å²) in [6, 6.07) is 7.37. The lowest BCUT2D eigenvalue weighted by atomic mass is 10.2. The van der Waals surface area contributed by atoms with Crippen LogP contribution in [0.5, 0.6) is 0 Å². The number of hydrogen-bond acceptors (Lipinski definition) is 11. The number of piperazine rings is 1. The molecule has 206 valence electrons. The smallest absolute Gasteiger partial charge is 0.267 e. The maximum atomic E-state index is 12.7. The first-order valence-corrected chi connectivity index (χ1v) is 13.4. The Hall–Kier alpha value is -2.87. The Kier molecular flexibility index (Phi) is 11.2. The fourth-order valence-electron chi connectivity index (χ4n) is 3.63. The Bertz CT molecular complexity index is 1180. The molecule has 5 N–H and O–H groups in total. The van der Waals surface area contributed by atoms with Crippen LogP contribution in [0, 0.1) is 13.8 Å². The number of aryl methyl sites for hydroxylation is 2. The van der Waals surface area contributed by atoms with Gasteiger partial charge in [-0.15, -0.1) is 0 Å². The van der Waals surface area contributed by atoms with E-state index in [1.54, 1.807) is 6.07 Å². The zero-order valence-electron chi connectivity index (χ0n) is 21.7. The molecule has 1 aliphatic heterocycles. The van der Waals surface area contributed by atoms with Crippen molar-refractivity contribution in [3.63, 3.8) is 0 Å². The SMILES string of the molecule is CC(O)CO.Cc1nc(Nc2ncc(C(=O)Nc3c(C)cccc3Cl)s2)cc(N2CCN(CCO)CC2)n1. The van der Waals surface area contributed by atoms with Crippen molar-refractivity contribution in [1.82, 2.24) is 19.9 Å². The Labute approximate surface area is 231 Å². The molecule has 38 heavy (non-hydrogen) atoms. The highest BCUT2D eigenvalue weighted by atomic mass is 35.5. The Morgan fingerprint density at radius 3 is 2.53 bits per heavy atom. The lowest BCUT2D eigenvalue weighted by Crippen LogP contribution is -2.47.